The first-order chi connectivity index (χ1) is 14.6. The Morgan fingerprint density at radius 1 is 1.06 bits per heavy atom. The second-order valence-corrected chi connectivity index (χ2v) is 9.91. The number of nitrogens with one attached hydrogen (secondary N) is 2. The van der Waals surface area contributed by atoms with Gasteiger partial charge in [-0.25, -0.2) is 8.42 Å². The van der Waals surface area contributed by atoms with Gasteiger partial charge in [-0.05, 0) is 51.3 Å². The van der Waals surface area contributed by atoms with Gasteiger partial charge in [-0.3, -0.25) is 9.59 Å². The number of anilines is 1. The predicted octanol–water partition coefficient (Wildman–Crippen LogP) is 2.35. The van der Waals surface area contributed by atoms with Crippen molar-refractivity contribution in [2.75, 3.05) is 31.1 Å². The molecule has 1 aromatic rings. The molecular formula is C22H36N4O4S. The van der Waals surface area contributed by atoms with Crippen LogP contribution in [0.5, 0.6) is 0 Å². The van der Waals surface area contributed by atoms with Crippen LogP contribution >= 0.6 is 0 Å². The highest BCUT2D eigenvalue weighted by Crippen LogP contribution is 2.28. The summed E-state index contributed by atoms with van der Waals surface area (Å²) in [6.45, 7) is 11.4. The Morgan fingerprint density at radius 3 is 2.23 bits per heavy atom. The molecule has 1 heterocycles. The van der Waals surface area contributed by atoms with Gasteiger partial charge in [0.05, 0.1) is 10.5 Å². The van der Waals surface area contributed by atoms with E-state index in [9.17, 15) is 18.0 Å². The standard InChI is InChI=1S/C22H36N4O4S/c1-6-16(4)23-21(27)17(5)24-22(28)19-15-18(31(29,30)26(7-2)8-3)11-12-20(19)25-13-9-10-14-25/h11-12,15-17H,6-10,13-14H2,1-5H3,(H,23,27)(H,24,28). The van der Waals surface area contributed by atoms with Crippen LogP contribution in [-0.4, -0.2) is 62.8 Å². The zero-order valence-corrected chi connectivity index (χ0v) is 20.1. The van der Waals surface area contributed by atoms with E-state index in [0.717, 1.165) is 32.4 Å². The first kappa shape index (κ1) is 25.1. The van der Waals surface area contributed by atoms with Crippen LogP contribution in [-0.2, 0) is 14.8 Å². The summed E-state index contributed by atoms with van der Waals surface area (Å²) in [5, 5.41) is 5.59. The third kappa shape index (κ3) is 5.98. The SMILES string of the molecule is CCC(C)NC(=O)C(C)NC(=O)c1cc(S(=O)(=O)N(CC)CC)ccc1N1CCCC1. The molecule has 2 N–H and O–H groups in total. The van der Waals surface area contributed by atoms with Crippen molar-refractivity contribution in [2.45, 2.75) is 70.9 Å². The molecule has 0 spiro atoms. The Morgan fingerprint density at radius 2 is 1.68 bits per heavy atom. The lowest BCUT2D eigenvalue weighted by atomic mass is 10.1. The van der Waals surface area contributed by atoms with Crippen molar-refractivity contribution in [2.24, 2.45) is 0 Å². The Hall–Kier alpha value is -2.13. The summed E-state index contributed by atoms with van der Waals surface area (Å²) in [6, 6.07) is 3.98. The normalized spacial score (nSPS) is 16.3. The predicted molar refractivity (Wildman–Crippen MR) is 123 cm³/mol. The summed E-state index contributed by atoms with van der Waals surface area (Å²) in [4.78, 5) is 27.7. The summed E-state index contributed by atoms with van der Waals surface area (Å²) < 4.78 is 27.4. The molecule has 9 heteroatoms. The van der Waals surface area contributed by atoms with Crippen molar-refractivity contribution in [1.82, 2.24) is 14.9 Å². The monoisotopic (exact) mass is 452 g/mol. The molecule has 0 bridgehead atoms. The van der Waals surface area contributed by atoms with Gasteiger partial charge >= 0.3 is 0 Å². The number of amides is 2. The lowest BCUT2D eigenvalue weighted by Gasteiger charge is -2.24. The fourth-order valence-electron chi connectivity index (χ4n) is 3.61. The Kier molecular flexibility index (Phi) is 8.88. The van der Waals surface area contributed by atoms with Crippen LogP contribution in [0.25, 0.3) is 0 Å². The molecule has 0 radical (unpaired) electrons. The van der Waals surface area contributed by atoms with Crippen LogP contribution in [0.15, 0.2) is 23.1 Å². The molecule has 1 aromatic carbocycles. The van der Waals surface area contributed by atoms with Crippen molar-refractivity contribution in [3.63, 3.8) is 0 Å². The highest BCUT2D eigenvalue weighted by molar-refractivity contribution is 7.89. The highest BCUT2D eigenvalue weighted by atomic mass is 32.2. The van der Waals surface area contributed by atoms with Gasteiger partial charge in [-0.2, -0.15) is 4.31 Å². The number of carbonyl (C=O) groups is 2. The molecule has 0 aromatic heterocycles. The Labute approximate surface area is 186 Å². The Balaban J connectivity index is 2.37. The van der Waals surface area contributed by atoms with Gasteiger partial charge in [0.25, 0.3) is 5.91 Å². The highest BCUT2D eigenvalue weighted by Gasteiger charge is 2.27. The number of hydrogen-bond donors (Lipinski definition) is 2. The maximum atomic E-state index is 13.2. The maximum Gasteiger partial charge on any atom is 0.254 e. The zero-order chi connectivity index (χ0) is 23.2. The summed E-state index contributed by atoms with van der Waals surface area (Å²) in [5.74, 6) is -0.720. The summed E-state index contributed by atoms with van der Waals surface area (Å²) in [7, 11) is -3.71. The molecule has 0 aliphatic carbocycles. The summed E-state index contributed by atoms with van der Waals surface area (Å²) in [5.41, 5.74) is 0.973. The zero-order valence-electron chi connectivity index (χ0n) is 19.3. The quantitative estimate of drug-likeness (QED) is 0.568. The van der Waals surface area contributed by atoms with Gasteiger partial charge in [0.1, 0.15) is 6.04 Å². The topological polar surface area (TPSA) is 98.8 Å². The number of hydrogen-bond acceptors (Lipinski definition) is 5. The van der Waals surface area contributed by atoms with Crippen LogP contribution in [0.4, 0.5) is 5.69 Å². The molecule has 174 valence electrons. The lowest BCUT2D eigenvalue weighted by Crippen LogP contribution is -2.47. The van der Waals surface area contributed by atoms with Gasteiger partial charge < -0.3 is 15.5 Å². The van der Waals surface area contributed by atoms with E-state index in [2.05, 4.69) is 15.5 Å². The van der Waals surface area contributed by atoms with Gasteiger partial charge in [-0.15, -0.1) is 0 Å². The average Bonchev–Trinajstić information content (AvgIpc) is 3.28. The van der Waals surface area contributed by atoms with Crippen LogP contribution in [0.3, 0.4) is 0 Å². The number of carbonyl (C=O) groups excluding carboxylic acids is 2. The van der Waals surface area contributed by atoms with Gasteiger partial charge in [-0.1, -0.05) is 20.8 Å². The van der Waals surface area contributed by atoms with E-state index in [1.807, 2.05) is 13.8 Å². The van der Waals surface area contributed by atoms with E-state index in [0.29, 0.717) is 18.8 Å². The molecule has 1 aliphatic rings. The number of nitrogens with zero attached hydrogens (tertiary/aromatic N) is 2. The maximum absolute atomic E-state index is 13.2. The molecule has 1 saturated heterocycles. The van der Waals surface area contributed by atoms with E-state index in [4.69, 9.17) is 0 Å². The Bertz CT molecular complexity index is 877. The van der Waals surface area contributed by atoms with Crippen LogP contribution in [0.2, 0.25) is 0 Å². The first-order valence-corrected chi connectivity index (χ1v) is 12.6. The van der Waals surface area contributed by atoms with E-state index >= 15 is 0 Å². The van der Waals surface area contributed by atoms with E-state index < -0.39 is 22.0 Å². The van der Waals surface area contributed by atoms with E-state index in [1.54, 1.807) is 32.9 Å². The van der Waals surface area contributed by atoms with Crippen molar-refractivity contribution in [3.8, 4) is 0 Å². The fraction of sp³-hybridized carbons (Fsp3) is 0.636. The molecule has 2 unspecified atom stereocenters. The summed E-state index contributed by atoms with van der Waals surface area (Å²) in [6.07, 6.45) is 2.83. The molecule has 2 rings (SSSR count). The molecule has 0 saturated carbocycles. The number of benzene rings is 1. The van der Waals surface area contributed by atoms with Gasteiger partial charge in [0.15, 0.2) is 0 Å². The molecule has 31 heavy (non-hydrogen) atoms. The second-order valence-electron chi connectivity index (χ2n) is 7.98. The van der Waals surface area contributed by atoms with Gasteiger partial charge in [0.2, 0.25) is 15.9 Å². The second kappa shape index (κ2) is 10.9. The van der Waals surface area contributed by atoms with Crippen molar-refractivity contribution in [1.29, 1.82) is 0 Å². The number of rotatable bonds is 10. The lowest BCUT2D eigenvalue weighted by molar-refractivity contribution is -0.123. The van der Waals surface area contributed by atoms with Crippen molar-refractivity contribution < 1.29 is 18.0 Å². The summed E-state index contributed by atoms with van der Waals surface area (Å²) >= 11 is 0. The van der Waals surface area contributed by atoms with Crippen molar-refractivity contribution in [3.05, 3.63) is 23.8 Å². The number of sulfonamides is 1. The minimum atomic E-state index is -3.71. The molecular weight excluding hydrogens is 416 g/mol. The van der Waals surface area contributed by atoms with Gasteiger partial charge in [0, 0.05) is 37.9 Å². The van der Waals surface area contributed by atoms with Crippen LogP contribution in [0.1, 0.15) is 64.2 Å². The molecule has 2 amide bonds. The van der Waals surface area contributed by atoms with Crippen LogP contribution < -0.4 is 15.5 Å². The molecule has 8 nitrogen and oxygen atoms in total. The smallest absolute Gasteiger partial charge is 0.254 e. The van der Waals surface area contributed by atoms with Crippen LogP contribution in [0, 0.1) is 0 Å². The minimum Gasteiger partial charge on any atom is -0.371 e. The fourth-order valence-corrected chi connectivity index (χ4v) is 5.10. The first-order valence-electron chi connectivity index (χ1n) is 11.2. The van der Waals surface area contributed by atoms with E-state index in [-0.39, 0.29) is 22.4 Å². The van der Waals surface area contributed by atoms with Crippen molar-refractivity contribution >= 4 is 27.5 Å². The minimum absolute atomic E-state index is 0.00885. The molecule has 2 atom stereocenters. The third-order valence-corrected chi connectivity index (χ3v) is 7.79. The molecule has 1 fully saturated rings. The third-order valence-electron chi connectivity index (χ3n) is 5.74. The molecule has 1 aliphatic heterocycles. The largest absolute Gasteiger partial charge is 0.371 e. The average molecular weight is 453 g/mol. The van der Waals surface area contributed by atoms with E-state index in [1.165, 1.54) is 10.4 Å².